The molecule has 0 saturated heterocycles. The molecule has 8 nitrogen and oxygen atoms in total. The molecule has 1 heterocycles. The molecule has 0 bridgehead atoms. The van der Waals surface area contributed by atoms with E-state index in [1.165, 1.54) is 31.4 Å². The van der Waals surface area contributed by atoms with Crippen LogP contribution in [0.5, 0.6) is 5.75 Å². The average molecular weight is 427 g/mol. The van der Waals surface area contributed by atoms with Crippen molar-refractivity contribution in [3.05, 3.63) is 76.6 Å². The maximum atomic E-state index is 12.8. The lowest BCUT2D eigenvalue weighted by molar-refractivity contribution is -0.117. The molecule has 3 rings (SSSR count). The van der Waals surface area contributed by atoms with Crippen molar-refractivity contribution in [3.63, 3.8) is 0 Å². The first-order valence-corrected chi connectivity index (χ1v) is 10.7. The smallest absolute Gasteiger partial charge is 0.267 e. The maximum absolute atomic E-state index is 12.8. The van der Waals surface area contributed by atoms with Gasteiger partial charge < -0.3 is 10.1 Å². The molecule has 0 aliphatic heterocycles. The quantitative estimate of drug-likeness (QED) is 0.620. The van der Waals surface area contributed by atoms with Gasteiger partial charge in [0.1, 0.15) is 12.3 Å². The predicted octanol–water partition coefficient (Wildman–Crippen LogP) is 2.29. The fourth-order valence-corrected chi connectivity index (χ4v) is 3.91. The van der Waals surface area contributed by atoms with Crippen molar-refractivity contribution in [2.24, 2.45) is 0 Å². The number of amides is 1. The Balaban J connectivity index is 1.81. The van der Waals surface area contributed by atoms with Gasteiger partial charge in [0.25, 0.3) is 5.56 Å². The van der Waals surface area contributed by atoms with Gasteiger partial charge >= 0.3 is 0 Å². The van der Waals surface area contributed by atoms with Crippen LogP contribution in [0.25, 0.3) is 0 Å². The number of aryl methyl sites for hydroxylation is 1. The molecule has 0 spiro atoms. The van der Waals surface area contributed by atoms with E-state index in [4.69, 9.17) is 4.74 Å². The molecule has 3 aromatic rings. The molecular formula is C21H21N3O5S. The van der Waals surface area contributed by atoms with Gasteiger partial charge in [0, 0.05) is 11.8 Å². The number of hydrogen-bond donors (Lipinski definition) is 1. The summed E-state index contributed by atoms with van der Waals surface area (Å²) in [5.74, 6) is 0.0170. The van der Waals surface area contributed by atoms with Crippen molar-refractivity contribution in [1.82, 2.24) is 9.78 Å². The van der Waals surface area contributed by atoms with Crippen molar-refractivity contribution in [1.29, 1.82) is 0 Å². The molecule has 1 aromatic heterocycles. The van der Waals surface area contributed by atoms with Gasteiger partial charge in [0.05, 0.1) is 12.0 Å². The zero-order valence-electron chi connectivity index (χ0n) is 16.5. The summed E-state index contributed by atoms with van der Waals surface area (Å²) in [5.41, 5.74) is 1.12. The number of methoxy groups -OCH3 is 1. The first-order valence-electron chi connectivity index (χ1n) is 9.19. The van der Waals surface area contributed by atoms with Crippen LogP contribution < -0.4 is 15.6 Å². The van der Waals surface area contributed by atoms with Crippen LogP contribution in [-0.2, 0) is 27.6 Å². The average Bonchev–Trinajstić information content (AvgIpc) is 2.75. The van der Waals surface area contributed by atoms with Crippen molar-refractivity contribution in [2.75, 3.05) is 12.4 Å². The fraction of sp³-hybridized carbons (Fsp3) is 0.190. The second-order valence-electron chi connectivity index (χ2n) is 6.45. The van der Waals surface area contributed by atoms with Crippen molar-refractivity contribution < 1.29 is 17.9 Å². The fourth-order valence-electron chi connectivity index (χ4n) is 2.72. The highest BCUT2D eigenvalue weighted by molar-refractivity contribution is 7.91. The standard InChI is InChI=1S/C21H21N3O5S/c1-3-15-4-6-16(7-5-15)22-19(25)14-24-21(26)13-12-20(23-24)30(27,28)18-10-8-17(29-2)9-11-18/h4-13H,3,14H2,1-2H3,(H,22,25). The first-order chi connectivity index (χ1) is 14.3. The number of nitrogens with one attached hydrogen (secondary N) is 1. The second kappa shape index (κ2) is 8.91. The minimum atomic E-state index is -3.96. The Labute approximate surface area is 174 Å². The van der Waals surface area contributed by atoms with Crippen LogP contribution in [-0.4, -0.2) is 31.2 Å². The highest BCUT2D eigenvalue weighted by Gasteiger charge is 2.21. The molecule has 2 aromatic carbocycles. The molecule has 0 atom stereocenters. The third-order valence-electron chi connectivity index (χ3n) is 4.43. The Morgan fingerprint density at radius 2 is 1.70 bits per heavy atom. The van der Waals surface area contributed by atoms with E-state index in [2.05, 4.69) is 10.4 Å². The van der Waals surface area contributed by atoms with Crippen LogP contribution in [0.3, 0.4) is 0 Å². The van der Waals surface area contributed by atoms with E-state index in [1.807, 2.05) is 19.1 Å². The zero-order chi connectivity index (χ0) is 21.7. The SMILES string of the molecule is CCc1ccc(NC(=O)Cn2nc(S(=O)(=O)c3ccc(OC)cc3)ccc2=O)cc1. The van der Waals surface area contributed by atoms with E-state index in [-0.39, 0.29) is 9.92 Å². The van der Waals surface area contributed by atoms with E-state index >= 15 is 0 Å². The molecule has 0 unspecified atom stereocenters. The molecule has 0 aliphatic carbocycles. The highest BCUT2D eigenvalue weighted by atomic mass is 32.2. The van der Waals surface area contributed by atoms with Crippen LogP contribution in [0.15, 0.2) is 75.4 Å². The predicted molar refractivity (Wildman–Crippen MR) is 111 cm³/mol. The minimum Gasteiger partial charge on any atom is -0.497 e. The molecule has 0 saturated carbocycles. The van der Waals surface area contributed by atoms with E-state index in [0.717, 1.165) is 28.8 Å². The van der Waals surface area contributed by atoms with E-state index < -0.39 is 27.8 Å². The number of carbonyl (C=O) groups is 1. The molecule has 0 radical (unpaired) electrons. The summed E-state index contributed by atoms with van der Waals surface area (Å²) in [7, 11) is -2.49. The molecule has 156 valence electrons. The Hall–Kier alpha value is -3.46. The van der Waals surface area contributed by atoms with Crippen molar-refractivity contribution >= 4 is 21.4 Å². The zero-order valence-corrected chi connectivity index (χ0v) is 17.3. The summed E-state index contributed by atoms with van der Waals surface area (Å²) in [6.07, 6.45) is 0.878. The lowest BCUT2D eigenvalue weighted by Crippen LogP contribution is -2.30. The second-order valence-corrected chi connectivity index (χ2v) is 8.34. The lowest BCUT2D eigenvalue weighted by Gasteiger charge is -2.09. The maximum Gasteiger partial charge on any atom is 0.267 e. The van der Waals surface area contributed by atoms with Crippen LogP contribution >= 0.6 is 0 Å². The lowest BCUT2D eigenvalue weighted by atomic mass is 10.1. The van der Waals surface area contributed by atoms with E-state index in [0.29, 0.717) is 11.4 Å². The number of sulfone groups is 1. The number of rotatable bonds is 7. The van der Waals surface area contributed by atoms with Gasteiger partial charge in [-0.25, -0.2) is 13.1 Å². The largest absolute Gasteiger partial charge is 0.497 e. The summed E-state index contributed by atoms with van der Waals surface area (Å²) in [6, 6.07) is 15.3. The van der Waals surface area contributed by atoms with E-state index in [9.17, 15) is 18.0 Å². The Kier molecular flexibility index (Phi) is 6.31. The Morgan fingerprint density at radius 3 is 2.30 bits per heavy atom. The summed E-state index contributed by atoms with van der Waals surface area (Å²) in [5, 5.41) is 6.24. The monoisotopic (exact) mass is 427 g/mol. The molecule has 1 N–H and O–H groups in total. The van der Waals surface area contributed by atoms with E-state index in [1.54, 1.807) is 12.1 Å². The van der Waals surface area contributed by atoms with Crippen LogP contribution in [0, 0.1) is 0 Å². The van der Waals surface area contributed by atoms with Crippen LogP contribution in [0.1, 0.15) is 12.5 Å². The highest BCUT2D eigenvalue weighted by Crippen LogP contribution is 2.21. The van der Waals surface area contributed by atoms with Crippen molar-refractivity contribution in [2.45, 2.75) is 29.8 Å². The van der Waals surface area contributed by atoms with Gasteiger partial charge in [0.2, 0.25) is 15.7 Å². The normalized spacial score (nSPS) is 11.1. The van der Waals surface area contributed by atoms with Crippen LogP contribution in [0.2, 0.25) is 0 Å². The molecule has 1 amide bonds. The van der Waals surface area contributed by atoms with Gasteiger partial charge in [-0.3, -0.25) is 9.59 Å². The molecular weight excluding hydrogens is 406 g/mol. The summed E-state index contributed by atoms with van der Waals surface area (Å²) >= 11 is 0. The van der Waals surface area contributed by atoms with Gasteiger partial charge in [-0.15, -0.1) is 0 Å². The number of hydrogen-bond acceptors (Lipinski definition) is 6. The van der Waals surface area contributed by atoms with Gasteiger partial charge in [-0.2, -0.15) is 5.10 Å². The number of anilines is 1. The summed E-state index contributed by atoms with van der Waals surface area (Å²) in [6.45, 7) is 1.61. The van der Waals surface area contributed by atoms with Gasteiger partial charge in [0.15, 0.2) is 5.03 Å². The van der Waals surface area contributed by atoms with Crippen molar-refractivity contribution in [3.8, 4) is 5.75 Å². The topological polar surface area (TPSA) is 107 Å². The number of nitrogens with zero attached hydrogens (tertiary/aromatic N) is 2. The molecule has 30 heavy (non-hydrogen) atoms. The van der Waals surface area contributed by atoms with Crippen LogP contribution in [0.4, 0.5) is 5.69 Å². The van der Waals surface area contributed by atoms with Gasteiger partial charge in [-0.1, -0.05) is 19.1 Å². The summed E-state index contributed by atoms with van der Waals surface area (Å²) in [4.78, 5) is 24.4. The number of ether oxygens (including phenoxy) is 1. The third kappa shape index (κ3) is 4.74. The minimum absolute atomic E-state index is 0.00136. The first kappa shape index (κ1) is 21.3. The Bertz CT molecular complexity index is 1200. The molecule has 0 fully saturated rings. The third-order valence-corrected chi connectivity index (χ3v) is 6.09. The molecule has 9 heteroatoms. The summed E-state index contributed by atoms with van der Waals surface area (Å²) < 4.78 is 31.5. The molecule has 0 aliphatic rings. The van der Waals surface area contributed by atoms with Gasteiger partial charge in [-0.05, 0) is 54.4 Å². The number of benzene rings is 2. The number of aromatic nitrogens is 2. The number of carbonyl (C=O) groups excluding carboxylic acids is 1. The Morgan fingerprint density at radius 1 is 1.03 bits per heavy atom.